The topological polar surface area (TPSA) is 80.9 Å². The van der Waals surface area contributed by atoms with Crippen molar-refractivity contribution >= 4 is 11.6 Å². The second-order valence-corrected chi connectivity index (χ2v) is 9.31. The quantitative estimate of drug-likeness (QED) is 0.581. The van der Waals surface area contributed by atoms with Gasteiger partial charge in [0.1, 0.15) is 28.8 Å². The molecule has 4 atom stereocenters. The summed E-state index contributed by atoms with van der Waals surface area (Å²) >= 11 is 0. The Balaban J connectivity index is 1.44. The molecule has 2 fully saturated rings. The molecular weight excluding hydrogens is 429 g/mol. The van der Waals surface area contributed by atoms with Gasteiger partial charge in [0.15, 0.2) is 0 Å². The number of benzene rings is 1. The third-order valence-electron chi connectivity index (χ3n) is 7.03. The molecule has 2 aliphatic carbocycles. The fourth-order valence-electron chi connectivity index (χ4n) is 5.24. The van der Waals surface area contributed by atoms with Crippen molar-refractivity contribution in [3.05, 3.63) is 77.5 Å². The molecule has 5 nitrogen and oxygen atoms in total. The number of pyridine rings is 2. The molecule has 2 saturated carbocycles. The van der Waals surface area contributed by atoms with Crippen LogP contribution in [0.2, 0.25) is 0 Å². The number of carbonyl (C=O) groups is 1. The van der Waals surface area contributed by atoms with Gasteiger partial charge in [0, 0.05) is 12.2 Å². The molecule has 0 bridgehead atoms. The van der Waals surface area contributed by atoms with Crippen LogP contribution in [0.1, 0.15) is 48.2 Å². The van der Waals surface area contributed by atoms with Gasteiger partial charge >= 0.3 is 0 Å². The minimum absolute atomic E-state index is 0.113. The van der Waals surface area contributed by atoms with Crippen molar-refractivity contribution < 1.29 is 18.0 Å². The van der Waals surface area contributed by atoms with Crippen molar-refractivity contribution in [1.82, 2.24) is 9.97 Å². The largest absolute Gasteiger partial charge is 0.327 e. The highest BCUT2D eigenvalue weighted by molar-refractivity contribution is 6.03. The predicted molar refractivity (Wildman–Crippen MR) is 118 cm³/mol. The van der Waals surface area contributed by atoms with E-state index in [0.717, 1.165) is 43.0 Å². The SMILES string of the molecule is CC12C[C@@H](c3ccncc3NC(=O)c3ccc(F)c(-c4c(F)cccc4F)n3)C[C@@H](N)[C@@H]1C2. The first-order valence-corrected chi connectivity index (χ1v) is 10.9. The summed E-state index contributed by atoms with van der Waals surface area (Å²) in [6.45, 7) is 2.24. The Morgan fingerprint density at radius 1 is 1.09 bits per heavy atom. The highest BCUT2D eigenvalue weighted by Crippen LogP contribution is 2.63. The van der Waals surface area contributed by atoms with Gasteiger partial charge < -0.3 is 11.1 Å². The number of hydrogen-bond donors (Lipinski definition) is 2. The molecule has 0 saturated heterocycles. The average Bonchev–Trinajstić information content (AvgIpc) is 3.47. The molecule has 2 aromatic heterocycles. The lowest BCUT2D eigenvalue weighted by atomic mass is 9.76. The van der Waals surface area contributed by atoms with Gasteiger partial charge in [-0.25, -0.2) is 18.2 Å². The predicted octanol–water partition coefficient (Wildman–Crippen LogP) is 5.04. The third kappa shape index (κ3) is 3.88. The van der Waals surface area contributed by atoms with Gasteiger partial charge in [-0.05, 0) is 72.4 Å². The molecule has 3 N–H and O–H groups in total. The number of carbonyl (C=O) groups excluding carboxylic acids is 1. The maximum Gasteiger partial charge on any atom is 0.274 e. The van der Waals surface area contributed by atoms with E-state index in [9.17, 15) is 18.0 Å². The van der Waals surface area contributed by atoms with E-state index in [2.05, 4.69) is 22.2 Å². The molecule has 170 valence electrons. The first kappa shape index (κ1) is 21.6. The number of anilines is 1. The Bertz CT molecular complexity index is 1230. The molecule has 3 aromatic rings. The number of nitrogens with two attached hydrogens (primary N) is 1. The van der Waals surface area contributed by atoms with Crippen molar-refractivity contribution in [3.63, 3.8) is 0 Å². The molecule has 8 heteroatoms. The van der Waals surface area contributed by atoms with Crippen LogP contribution in [-0.4, -0.2) is 21.9 Å². The van der Waals surface area contributed by atoms with E-state index in [4.69, 9.17) is 5.73 Å². The molecule has 0 radical (unpaired) electrons. The van der Waals surface area contributed by atoms with Gasteiger partial charge in [0.25, 0.3) is 5.91 Å². The fourth-order valence-corrected chi connectivity index (χ4v) is 5.24. The molecular formula is C25H23F3N4O. The Hall–Kier alpha value is -3.26. The lowest BCUT2D eigenvalue weighted by molar-refractivity contribution is 0.102. The molecule has 2 aliphatic rings. The Morgan fingerprint density at radius 3 is 2.58 bits per heavy atom. The van der Waals surface area contributed by atoms with Crippen molar-refractivity contribution in [2.24, 2.45) is 17.1 Å². The van der Waals surface area contributed by atoms with Gasteiger partial charge in [0.2, 0.25) is 0 Å². The van der Waals surface area contributed by atoms with Gasteiger partial charge in [-0.1, -0.05) is 13.0 Å². The van der Waals surface area contributed by atoms with Crippen LogP contribution in [0.5, 0.6) is 0 Å². The van der Waals surface area contributed by atoms with E-state index < -0.39 is 34.6 Å². The summed E-state index contributed by atoms with van der Waals surface area (Å²) in [5, 5.41) is 2.79. The van der Waals surface area contributed by atoms with E-state index >= 15 is 0 Å². The number of aromatic nitrogens is 2. The van der Waals surface area contributed by atoms with Gasteiger partial charge in [-0.15, -0.1) is 0 Å². The molecule has 0 spiro atoms. The molecule has 0 aliphatic heterocycles. The number of halogens is 3. The Morgan fingerprint density at radius 2 is 1.85 bits per heavy atom. The average molecular weight is 452 g/mol. The number of hydrogen-bond acceptors (Lipinski definition) is 4. The maximum atomic E-state index is 14.4. The smallest absolute Gasteiger partial charge is 0.274 e. The summed E-state index contributed by atoms with van der Waals surface area (Å²) in [5.41, 5.74) is 6.71. The Labute approximate surface area is 189 Å². The van der Waals surface area contributed by atoms with E-state index in [0.29, 0.717) is 11.6 Å². The van der Waals surface area contributed by atoms with E-state index in [1.165, 1.54) is 12.1 Å². The van der Waals surface area contributed by atoms with E-state index in [-0.39, 0.29) is 23.1 Å². The normalized spacial score (nSPS) is 25.9. The first-order chi connectivity index (χ1) is 15.8. The number of rotatable bonds is 4. The van der Waals surface area contributed by atoms with Gasteiger partial charge in [-0.2, -0.15) is 0 Å². The second-order valence-electron chi connectivity index (χ2n) is 9.31. The zero-order valence-electron chi connectivity index (χ0n) is 18.0. The van der Waals surface area contributed by atoms with Crippen LogP contribution in [0.4, 0.5) is 18.9 Å². The maximum absolute atomic E-state index is 14.4. The van der Waals surface area contributed by atoms with Crippen LogP contribution in [0.15, 0.2) is 48.8 Å². The summed E-state index contributed by atoms with van der Waals surface area (Å²) in [5.74, 6) is -2.76. The summed E-state index contributed by atoms with van der Waals surface area (Å²) in [6.07, 6.45) is 6.14. The first-order valence-electron chi connectivity index (χ1n) is 10.9. The van der Waals surface area contributed by atoms with Crippen LogP contribution >= 0.6 is 0 Å². The highest BCUT2D eigenvalue weighted by atomic mass is 19.1. The van der Waals surface area contributed by atoms with Crippen LogP contribution in [0.3, 0.4) is 0 Å². The lowest BCUT2D eigenvalue weighted by Crippen LogP contribution is -2.33. The molecule has 5 rings (SSSR count). The van der Waals surface area contributed by atoms with Crippen LogP contribution in [-0.2, 0) is 0 Å². The molecule has 1 aromatic carbocycles. The van der Waals surface area contributed by atoms with Crippen molar-refractivity contribution in [3.8, 4) is 11.3 Å². The van der Waals surface area contributed by atoms with Crippen molar-refractivity contribution in [1.29, 1.82) is 0 Å². The van der Waals surface area contributed by atoms with Gasteiger partial charge in [-0.3, -0.25) is 9.78 Å². The summed E-state index contributed by atoms with van der Waals surface area (Å²) in [7, 11) is 0. The van der Waals surface area contributed by atoms with E-state index in [1.807, 2.05) is 6.07 Å². The number of amides is 1. The zero-order chi connectivity index (χ0) is 23.3. The summed E-state index contributed by atoms with van der Waals surface area (Å²) in [6, 6.07) is 7.33. The summed E-state index contributed by atoms with van der Waals surface area (Å²) in [4.78, 5) is 21.0. The number of nitrogens with one attached hydrogen (secondary N) is 1. The molecule has 33 heavy (non-hydrogen) atoms. The fraction of sp³-hybridized carbons (Fsp3) is 0.320. The molecule has 1 unspecified atom stereocenters. The monoisotopic (exact) mass is 452 g/mol. The van der Waals surface area contributed by atoms with Crippen LogP contribution < -0.4 is 11.1 Å². The molecule has 1 amide bonds. The van der Waals surface area contributed by atoms with Crippen LogP contribution in [0, 0.1) is 28.8 Å². The zero-order valence-corrected chi connectivity index (χ0v) is 18.0. The standard InChI is InChI=1S/C25H23F3N4O/c1-25-10-13(9-19(29)15(25)11-25)14-7-8-30-12-21(14)32-24(33)20-6-5-18(28)23(31-20)22-16(26)3-2-4-17(22)27/h2-8,12-13,15,19H,9-11,29H2,1H3,(H,32,33)/t13-,15-,19+,25?/m0/s1. The van der Waals surface area contributed by atoms with Gasteiger partial charge in [0.05, 0.1) is 17.4 Å². The Kier molecular flexibility index (Phi) is 5.20. The van der Waals surface area contributed by atoms with Crippen molar-refractivity contribution in [2.45, 2.75) is 38.1 Å². The highest BCUT2D eigenvalue weighted by Gasteiger charge is 2.57. The lowest BCUT2D eigenvalue weighted by Gasteiger charge is -2.32. The second kappa shape index (κ2) is 7.95. The van der Waals surface area contributed by atoms with Crippen molar-refractivity contribution in [2.75, 3.05) is 5.32 Å². The van der Waals surface area contributed by atoms with E-state index in [1.54, 1.807) is 12.4 Å². The third-order valence-corrected chi connectivity index (χ3v) is 7.03. The number of nitrogens with zero attached hydrogens (tertiary/aromatic N) is 2. The minimum Gasteiger partial charge on any atom is -0.327 e. The molecule has 2 heterocycles. The summed E-state index contributed by atoms with van der Waals surface area (Å²) < 4.78 is 42.7. The number of fused-ring (bicyclic) bond motifs is 1. The van der Waals surface area contributed by atoms with Crippen LogP contribution in [0.25, 0.3) is 11.3 Å². The minimum atomic E-state index is -0.964.